The van der Waals surface area contributed by atoms with Crippen molar-refractivity contribution in [1.82, 2.24) is 10.6 Å². The fourth-order valence-corrected chi connectivity index (χ4v) is 7.26. The predicted molar refractivity (Wildman–Crippen MR) is 187 cm³/mol. The van der Waals surface area contributed by atoms with Gasteiger partial charge in [0.25, 0.3) is 11.8 Å². The lowest BCUT2D eigenvalue weighted by Crippen LogP contribution is -2.62. The minimum Gasteiger partial charge on any atom is -0.498 e. The number of quaternary nitrogens is 1. The molecule has 52 heavy (non-hydrogen) atoms. The van der Waals surface area contributed by atoms with E-state index in [1.54, 1.807) is 20.8 Å². The van der Waals surface area contributed by atoms with Crippen LogP contribution in [0.3, 0.4) is 0 Å². The van der Waals surface area contributed by atoms with Crippen LogP contribution in [0.1, 0.15) is 47.0 Å². The number of carboxylic acid groups (broad SMARTS) is 1. The zero-order valence-corrected chi connectivity index (χ0v) is 32.0. The topological polar surface area (TPSA) is 223 Å². The van der Waals surface area contributed by atoms with E-state index in [1.165, 1.54) is 28.3 Å². The maximum Gasteiger partial charge on any atom is 0.309 e. The average molecular weight is 745 g/mol. The summed E-state index contributed by atoms with van der Waals surface area (Å²) in [7, 11) is 7.58. The van der Waals surface area contributed by atoms with Crippen LogP contribution in [-0.4, -0.2) is 164 Å². The summed E-state index contributed by atoms with van der Waals surface area (Å²) in [6.07, 6.45) is -5.55. The van der Waals surface area contributed by atoms with Crippen LogP contribution >= 0.6 is 0 Å². The predicted octanol–water partition coefficient (Wildman–Crippen LogP) is -0.468. The Morgan fingerprint density at radius 3 is 2.23 bits per heavy atom. The number of aliphatic hydroxyl groups excluding tert-OH is 4. The number of carbonyl (C=O) groups excluding carboxylic acids is 2. The molecular formula is C36H62N3O13+. The number of methoxy groups -OCH3 is 3. The number of allylic oxidation sites excluding steroid dienone is 3. The van der Waals surface area contributed by atoms with Gasteiger partial charge < -0.3 is 64.3 Å². The van der Waals surface area contributed by atoms with Crippen LogP contribution < -0.4 is 10.6 Å². The number of ether oxygens (including phenoxy) is 5. The Balaban J connectivity index is 1.73. The molecule has 16 heteroatoms. The van der Waals surface area contributed by atoms with E-state index < -0.39 is 78.1 Å². The van der Waals surface area contributed by atoms with E-state index >= 15 is 0 Å². The highest BCUT2D eigenvalue weighted by Crippen LogP contribution is 2.43. The molecule has 0 aromatic rings. The molecule has 0 radical (unpaired) electrons. The number of aliphatic carboxylic acids is 1. The molecule has 1 aliphatic heterocycles. The quantitative estimate of drug-likeness (QED) is 0.0477. The number of aliphatic hydroxyl groups is 4. The molecule has 2 fully saturated rings. The number of amides is 2. The molecule has 3 aliphatic rings. The van der Waals surface area contributed by atoms with E-state index in [1.807, 2.05) is 14.1 Å². The van der Waals surface area contributed by atoms with Gasteiger partial charge in [0.1, 0.15) is 36.3 Å². The van der Waals surface area contributed by atoms with Gasteiger partial charge in [0.15, 0.2) is 11.9 Å². The molecule has 7 N–H and O–H groups in total. The number of rotatable bonds is 20. The molecule has 12 atom stereocenters. The molecule has 7 unspecified atom stereocenters. The minimum absolute atomic E-state index is 0.0262. The highest BCUT2D eigenvalue weighted by molar-refractivity contribution is 5.82. The van der Waals surface area contributed by atoms with Crippen molar-refractivity contribution in [3.05, 3.63) is 23.7 Å². The number of hydrogen-bond acceptors (Lipinski definition) is 12. The number of carboxylic acids is 1. The van der Waals surface area contributed by atoms with Crippen molar-refractivity contribution in [2.45, 2.75) is 101 Å². The number of nitrogens with zero attached hydrogens (tertiary/aromatic N) is 1. The third-order valence-electron chi connectivity index (χ3n) is 11.1. The Morgan fingerprint density at radius 2 is 1.69 bits per heavy atom. The standard InChI is InChI=1S/C36H61N3O13/c1-19(25(42)26(43)30(49-8)32(50-9)34(46)37-13-15-39(5,6)14-12-24(40)41)36(3,4)52-31-28(45)27(44)29(20(2)48-7)51-33(31)35(47)38-18-23-17-21-10-11-22(23)16-21/h10-11,19,21-23,25-28,30-33,42-45H,12-18H2,1-9H3,(H2-,37,38,40,41,46,47)/p+1/b29-20+/t19-,21?,22?,23?,25?,26-,27-,28+,30+,31?,32?,33?/m1/s1. The van der Waals surface area contributed by atoms with E-state index in [2.05, 4.69) is 22.8 Å². The number of fused-ring (bicyclic) bond motifs is 2. The SMILES string of the molecule is CO/C(C)=C1/OC(C(=O)NCC2CC3C=CC2C3)C(OC(C)(C)[C@H](C)C(O)[C@@H](O)[C@H](OC)C(OC)C(=O)NCC[N+](C)(C)CCC(=O)O)[C@@H](O)[C@H]1O. The van der Waals surface area contributed by atoms with Gasteiger partial charge in [-0.05, 0) is 51.4 Å². The van der Waals surface area contributed by atoms with E-state index in [4.69, 9.17) is 28.8 Å². The summed E-state index contributed by atoms with van der Waals surface area (Å²) in [6.45, 7) is 7.69. The Hall–Kier alpha value is -2.83. The summed E-state index contributed by atoms with van der Waals surface area (Å²) >= 11 is 0. The van der Waals surface area contributed by atoms with Crippen LogP contribution in [0, 0.1) is 23.7 Å². The lowest BCUT2D eigenvalue weighted by atomic mass is 9.82. The lowest BCUT2D eigenvalue weighted by Gasteiger charge is -2.46. The molecule has 3 rings (SSSR count). The first-order valence-electron chi connectivity index (χ1n) is 17.9. The van der Waals surface area contributed by atoms with Gasteiger partial charge in [-0.15, -0.1) is 0 Å². The maximum atomic E-state index is 13.7. The number of carbonyl (C=O) groups is 3. The molecule has 1 saturated carbocycles. The molecule has 0 spiro atoms. The summed E-state index contributed by atoms with van der Waals surface area (Å²) < 4.78 is 28.8. The zero-order valence-electron chi connectivity index (χ0n) is 32.0. The van der Waals surface area contributed by atoms with Crippen molar-refractivity contribution in [3.8, 4) is 0 Å². The van der Waals surface area contributed by atoms with Crippen molar-refractivity contribution in [3.63, 3.8) is 0 Å². The van der Waals surface area contributed by atoms with E-state index in [9.17, 15) is 34.8 Å². The van der Waals surface area contributed by atoms with E-state index in [-0.39, 0.29) is 30.4 Å². The Morgan fingerprint density at radius 1 is 1.02 bits per heavy atom. The minimum atomic E-state index is -1.67. The van der Waals surface area contributed by atoms with Crippen LogP contribution in [0.25, 0.3) is 0 Å². The molecular weight excluding hydrogens is 682 g/mol. The summed E-state index contributed by atoms with van der Waals surface area (Å²) in [6, 6.07) is 0. The Labute approximate surface area is 306 Å². The molecule has 2 aliphatic carbocycles. The monoisotopic (exact) mass is 744 g/mol. The second-order valence-electron chi connectivity index (χ2n) is 15.5. The van der Waals surface area contributed by atoms with Gasteiger partial charge in [0.2, 0.25) is 6.10 Å². The molecule has 298 valence electrons. The molecule has 0 aromatic carbocycles. The molecule has 16 nitrogen and oxygen atoms in total. The van der Waals surface area contributed by atoms with Crippen molar-refractivity contribution in [2.75, 3.05) is 61.6 Å². The van der Waals surface area contributed by atoms with E-state index in [0.717, 1.165) is 12.8 Å². The van der Waals surface area contributed by atoms with Gasteiger partial charge in [0, 0.05) is 26.7 Å². The largest absolute Gasteiger partial charge is 0.498 e. The van der Waals surface area contributed by atoms with Crippen LogP contribution in [0.4, 0.5) is 0 Å². The lowest BCUT2D eigenvalue weighted by molar-refractivity contribution is -0.888. The normalized spacial score (nSPS) is 29.8. The molecule has 2 amide bonds. The summed E-state index contributed by atoms with van der Waals surface area (Å²) in [5.74, 6) is -1.76. The van der Waals surface area contributed by atoms with E-state index in [0.29, 0.717) is 36.0 Å². The average Bonchev–Trinajstić information content (AvgIpc) is 3.73. The van der Waals surface area contributed by atoms with Crippen molar-refractivity contribution >= 4 is 17.8 Å². The van der Waals surface area contributed by atoms with Crippen LogP contribution in [0.5, 0.6) is 0 Å². The fraction of sp³-hybridized carbons (Fsp3) is 0.806. The first kappa shape index (κ1) is 43.6. The smallest absolute Gasteiger partial charge is 0.309 e. The van der Waals surface area contributed by atoms with Gasteiger partial charge in [-0.3, -0.25) is 14.4 Å². The second kappa shape index (κ2) is 18.5. The van der Waals surface area contributed by atoms with Gasteiger partial charge in [-0.25, -0.2) is 0 Å². The summed E-state index contributed by atoms with van der Waals surface area (Å²) in [5.41, 5.74) is -1.37. The third-order valence-corrected chi connectivity index (χ3v) is 11.1. The maximum absolute atomic E-state index is 13.7. The third kappa shape index (κ3) is 10.6. The fourth-order valence-electron chi connectivity index (χ4n) is 7.26. The summed E-state index contributed by atoms with van der Waals surface area (Å²) in [5, 5.41) is 59.9. The van der Waals surface area contributed by atoms with Gasteiger partial charge >= 0.3 is 5.97 Å². The van der Waals surface area contributed by atoms with Crippen molar-refractivity contribution < 1.29 is 68.1 Å². The Kier molecular flexibility index (Phi) is 15.5. The Bertz CT molecular complexity index is 1290. The van der Waals surface area contributed by atoms with Crippen molar-refractivity contribution in [2.24, 2.45) is 23.7 Å². The zero-order chi connectivity index (χ0) is 39.1. The van der Waals surface area contributed by atoms with Crippen LogP contribution in [-0.2, 0) is 38.1 Å². The number of nitrogens with one attached hydrogen (secondary N) is 2. The highest BCUT2D eigenvalue weighted by atomic mass is 16.6. The number of hydrogen-bond donors (Lipinski definition) is 7. The second-order valence-corrected chi connectivity index (χ2v) is 15.5. The first-order chi connectivity index (χ1) is 24.3. The van der Waals surface area contributed by atoms with Crippen molar-refractivity contribution in [1.29, 1.82) is 0 Å². The van der Waals surface area contributed by atoms with Gasteiger partial charge in [0.05, 0.1) is 59.0 Å². The summed E-state index contributed by atoms with van der Waals surface area (Å²) in [4.78, 5) is 37.8. The number of likely N-dealkylation sites (N-methyl/N-ethyl adjacent to an activating group) is 1. The highest BCUT2D eigenvalue weighted by Gasteiger charge is 2.52. The molecule has 1 saturated heterocycles. The molecule has 2 bridgehead atoms. The van der Waals surface area contributed by atoms with Gasteiger partial charge in [-0.2, -0.15) is 0 Å². The molecule has 0 aromatic heterocycles. The molecule has 1 heterocycles. The van der Waals surface area contributed by atoms with Crippen LogP contribution in [0.15, 0.2) is 23.7 Å². The first-order valence-corrected chi connectivity index (χ1v) is 17.9. The van der Waals surface area contributed by atoms with Gasteiger partial charge in [-0.1, -0.05) is 19.1 Å². The van der Waals surface area contributed by atoms with Crippen LogP contribution in [0.2, 0.25) is 0 Å².